The number of carbonyl (C=O) groups is 2. The van der Waals surface area contributed by atoms with Crippen LogP contribution in [0.1, 0.15) is 13.8 Å². The van der Waals surface area contributed by atoms with Gasteiger partial charge in [-0.2, -0.15) is 0 Å². The lowest BCUT2D eigenvalue weighted by molar-refractivity contribution is -0.142. The van der Waals surface area contributed by atoms with Crippen LogP contribution in [0.2, 0.25) is 0 Å². The zero-order chi connectivity index (χ0) is 10.7. The van der Waals surface area contributed by atoms with Gasteiger partial charge < -0.3 is 14.2 Å². The van der Waals surface area contributed by atoms with E-state index >= 15 is 0 Å². The SMILES string of the molecule is CCOC(=O)C1=C(OC)C(=O)OC1C. The number of rotatable bonds is 3. The average Bonchev–Trinajstić information content (AvgIpc) is 2.40. The highest BCUT2D eigenvalue weighted by molar-refractivity contribution is 6.02. The van der Waals surface area contributed by atoms with Crippen LogP contribution < -0.4 is 0 Å². The fraction of sp³-hybridized carbons (Fsp3) is 0.556. The fourth-order valence-electron chi connectivity index (χ4n) is 1.23. The van der Waals surface area contributed by atoms with E-state index in [1.807, 2.05) is 0 Å². The van der Waals surface area contributed by atoms with Gasteiger partial charge in [0.15, 0.2) is 0 Å². The van der Waals surface area contributed by atoms with Gasteiger partial charge in [-0.15, -0.1) is 0 Å². The molecule has 0 spiro atoms. The summed E-state index contributed by atoms with van der Waals surface area (Å²) in [4.78, 5) is 22.5. The van der Waals surface area contributed by atoms with Gasteiger partial charge in [0.1, 0.15) is 11.7 Å². The van der Waals surface area contributed by atoms with Crippen molar-refractivity contribution in [3.05, 3.63) is 11.3 Å². The lowest BCUT2D eigenvalue weighted by Crippen LogP contribution is -2.16. The Hall–Kier alpha value is -1.52. The molecule has 0 aliphatic carbocycles. The van der Waals surface area contributed by atoms with Gasteiger partial charge in [-0.05, 0) is 13.8 Å². The minimum Gasteiger partial charge on any atom is -0.489 e. The van der Waals surface area contributed by atoms with Gasteiger partial charge in [-0.1, -0.05) is 0 Å². The zero-order valence-electron chi connectivity index (χ0n) is 8.33. The minimum atomic E-state index is -0.622. The van der Waals surface area contributed by atoms with Crippen LogP contribution in [0.4, 0.5) is 0 Å². The molecule has 0 bridgehead atoms. The van der Waals surface area contributed by atoms with Crippen molar-refractivity contribution in [1.29, 1.82) is 0 Å². The summed E-state index contributed by atoms with van der Waals surface area (Å²) in [6, 6.07) is 0. The first-order valence-electron chi connectivity index (χ1n) is 4.28. The monoisotopic (exact) mass is 200 g/mol. The second-order valence-electron chi connectivity index (χ2n) is 2.71. The highest BCUT2D eigenvalue weighted by atomic mass is 16.6. The molecule has 0 saturated carbocycles. The van der Waals surface area contributed by atoms with Crippen molar-refractivity contribution in [1.82, 2.24) is 0 Å². The van der Waals surface area contributed by atoms with Crippen molar-refractivity contribution in [2.24, 2.45) is 0 Å². The standard InChI is InChI=1S/C9H12O5/c1-4-13-8(10)6-5(2)14-9(11)7(6)12-3/h5H,4H2,1-3H3. The van der Waals surface area contributed by atoms with Crippen LogP contribution in [0.3, 0.4) is 0 Å². The van der Waals surface area contributed by atoms with Crippen LogP contribution in [-0.4, -0.2) is 31.8 Å². The van der Waals surface area contributed by atoms with Gasteiger partial charge in [-0.25, -0.2) is 9.59 Å². The summed E-state index contributed by atoms with van der Waals surface area (Å²) < 4.78 is 14.4. The summed E-state index contributed by atoms with van der Waals surface area (Å²) in [6.07, 6.45) is -0.600. The Morgan fingerprint density at radius 1 is 1.57 bits per heavy atom. The molecular weight excluding hydrogens is 188 g/mol. The molecule has 1 heterocycles. The highest BCUT2D eigenvalue weighted by Crippen LogP contribution is 2.23. The van der Waals surface area contributed by atoms with E-state index in [9.17, 15) is 9.59 Å². The van der Waals surface area contributed by atoms with Gasteiger partial charge in [0.2, 0.25) is 5.76 Å². The van der Waals surface area contributed by atoms with Crippen LogP contribution in [0.15, 0.2) is 11.3 Å². The van der Waals surface area contributed by atoms with Crippen LogP contribution in [-0.2, 0) is 23.8 Å². The second kappa shape index (κ2) is 4.13. The van der Waals surface area contributed by atoms with E-state index < -0.39 is 18.0 Å². The first kappa shape index (κ1) is 10.6. The van der Waals surface area contributed by atoms with Crippen molar-refractivity contribution in [2.45, 2.75) is 20.0 Å². The fourth-order valence-corrected chi connectivity index (χ4v) is 1.23. The molecule has 1 unspecified atom stereocenters. The maximum Gasteiger partial charge on any atom is 0.374 e. The molecule has 0 aromatic carbocycles. The Kier molecular flexibility index (Phi) is 3.11. The summed E-state index contributed by atoms with van der Waals surface area (Å²) in [5.41, 5.74) is 0.152. The van der Waals surface area contributed by atoms with Crippen LogP contribution in [0, 0.1) is 0 Å². The molecular formula is C9H12O5. The van der Waals surface area contributed by atoms with Crippen molar-refractivity contribution >= 4 is 11.9 Å². The number of methoxy groups -OCH3 is 1. The molecule has 1 atom stereocenters. The molecule has 0 amide bonds. The maximum atomic E-state index is 11.4. The zero-order valence-corrected chi connectivity index (χ0v) is 8.33. The molecule has 1 aliphatic rings. The lowest BCUT2D eigenvalue weighted by atomic mass is 10.1. The van der Waals surface area contributed by atoms with Gasteiger partial charge in [0, 0.05) is 0 Å². The first-order valence-corrected chi connectivity index (χ1v) is 4.28. The van der Waals surface area contributed by atoms with Crippen molar-refractivity contribution in [2.75, 3.05) is 13.7 Å². The number of hydrogen-bond donors (Lipinski definition) is 0. The van der Waals surface area contributed by atoms with E-state index in [1.165, 1.54) is 7.11 Å². The molecule has 5 heteroatoms. The van der Waals surface area contributed by atoms with Gasteiger partial charge >= 0.3 is 11.9 Å². The van der Waals surface area contributed by atoms with Crippen LogP contribution in [0.25, 0.3) is 0 Å². The van der Waals surface area contributed by atoms with E-state index in [1.54, 1.807) is 13.8 Å². The normalized spacial score (nSPS) is 20.8. The molecule has 0 saturated heterocycles. The van der Waals surface area contributed by atoms with Crippen LogP contribution >= 0.6 is 0 Å². The van der Waals surface area contributed by atoms with E-state index in [2.05, 4.69) is 0 Å². The summed E-state index contributed by atoms with van der Waals surface area (Å²) in [6.45, 7) is 3.53. The summed E-state index contributed by atoms with van der Waals surface area (Å²) in [5, 5.41) is 0. The summed E-state index contributed by atoms with van der Waals surface area (Å²) in [5.74, 6) is -1.25. The maximum absolute atomic E-state index is 11.4. The third-order valence-electron chi connectivity index (χ3n) is 1.82. The van der Waals surface area contributed by atoms with Crippen molar-refractivity contribution < 1.29 is 23.8 Å². The molecule has 0 aromatic heterocycles. The molecule has 14 heavy (non-hydrogen) atoms. The minimum absolute atomic E-state index is 0.0593. The molecule has 1 aliphatic heterocycles. The topological polar surface area (TPSA) is 61.8 Å². The summed E-state index contributed by atoms with van der Waals surface area (Å²) in [7, 11) is 1.31. The Balaban J connectivity index is 2.96. The second-order valence-corrected chi connectivity index (χ2v) is 2.71. The predicted molar refractivity (Wildman–Crippen MR) is 46.2 cm³/mol. The van der Waals surface area contributed by atoms with E-state index in [-0.39, 0.29) is 17.9 Å². The molecule has 0 fully saturated rings. The van der Waals surface area contributed by atoms with E-state index in [0.717, 1.165) is 0 Å². The summed E-state index contributed by atoms with van der Waals surface area (Å²) >= 11 is 0. The first-order chi connectivity index (χ1) is 6.61. The highest BCUT2D eigenvalue weighted by Gasteiger charge is 2.37. The Morgan fingerprint density at radius 3 is 2.71 bits per heavy atom. The smallest absolute Gasteiger partial charge is 0.374 e. The number of esters is 2. The molecule has 1 rings (SSSR count). The molecule has 0 N–H and O–H groups in total. The molecule has 0 radical (unpaired) electrons. The largest absolute Gasteiger partial charge is 0.489 e. The predicted octanol–water partition coefficient (Wildman–Crippen LogP) is 0.395. The Bertz CT molecular complexity index is 292. The third-order valence-corrected chi connectivity index (χ3v) is 1.82. The molecule has 0 aromatic rings. The van der Waals surface area contributed by atoms with Crippen LogP contribution in [0.5, 0.6) is 0 Å². The van der Waals surface area contributed by atoms with Gasteiger partial charge in [0.25, 0.3) is 0 Å². The Morgan fingerprint density at radius 2 is 2.21 bits per heavy atom. The molecule has 78 valence electrons. The quantitative estimate of drug-likeness (QED) is 0.617. The number of hydrogen-bond acceptors (Lipinski definition) is 5. The Labute approximate surface area is 81.6 Å². The average molecular weight is 200 g/mol. The third kappa shape index (κ3) is 1.71. The van der Waals surface area contributed by atoms with Gasteiger partial charge in [0.05, 0.1) is 13.7 Å². The lowest BCUT2D eigenvalue weighted by Gasteiger charge is -2.06. The van der Waals surface area contributed by atoms with Crippen molar-refractivity contribution in [3.63, 3.8) is 0 Å². The van der Waals surface area contributed by atoms with Gasteiger partial charge in [-0.3, -0.25) is 0 Å². The number of carbonyl (C=O) groups excluding carboxylic acids is 2. The molecule has 5 nitrogen and oxygen atoms in total. The number of ether oxygens (including phenoxy) is 3. The van der Waals surface area contributed by atoms with Crippen molar-refractivity contribution in [3.8, 4) is 0 Å². The van der Waals surface area contributed by atoms with E-state index in [4.69, 9.17) is 14.2 Å². The number of cyclic esters (lactones) is 1. The van der Waals surface area contributed by atoms with E-state index in [0.29, 0.717) is 0 Å².